The molecular weight excluding hydrogens is 427 g/mol. The standard InChI is InChI=1S/C22H24ClFN2O3S/c1-22(2,3)29-21(28)26-18(13-30-20(26)15-6-8-16(23)9-7-15)19(27)25-12-14-4-10-17(24)11-5-14/h4-11,18,20H,12-13H2,1-3H3,(H,25,27). The van der Waals surface area contributed by atoms with Gasteiger partial charge in [-0.15, -0.1) is 11.8 Å². The molecule has 1 aliphatic rings. The zero-order chi connectivity index (χ0) is 21.9. The number of halogens is 2. The van der Waals surface area contributed by atoms with E-state index in [1.807, 2.05) is 12.1 Å². The summed E-state index contributed by atoms with van der Waals surface area (Å²) in [6.07, 6.45) is -0.547. The molecule has 0 aromatic heterocycles. The number of nitrogens with one attached hydrogen (secondary N) is 1. The molecule has 1 N–H and O–H groups in total. The average Bonchev–Trinajstić information content (AvgIpc) is 3.12. The van der Waals surface area contributed by atoms with Crippen LogP contribution in [-0.4, -0.2) is 34.3 Å². The Morgan fingerprint density at radius 1 is 1.17 bits per heavy atom. The van der Waals surface area contributed by atoms with Crippen molar-refractivity contribution in [2.24, 2.45) is 0 Å². The maximum Gasteiger partial charge on any atom is 0.412 e. The number of amides is 2. The summed E-state index contributed by atoms with van der Waals surface area (Å²) in [7, 11) is 0. The van der Waals surface area contributed by atoms with Crippen molar-refractivity contribution in [2.45, 2.75) is 44.3 Å². The van der Waals surface area contributed by atoms with Crippen molar-refractivity contribution in [1.29, 1.82) is 0 Å². The monoisotopic (exact) mass is 450 g/mol. The van der Waals surface area contributed by atoms with Gasteiger partial charge in [-0.2, -0.15) is 0 Å². The molecule has 0 saturated carbocycles. The Bertz CT molecular complexity index is 900. The second-order valence-electron chi connectivity index (χ2n) is 7.98. The molecule has 2 aromatic carbocycles. The topological polar surface area (TPSA) is 58.6 Å². The first-order chi connectivity index (χ1) is 14.1. The number of hydrogen-bond donors (Lipinski definition) is 1. The first-order valence-electron chi connectivity index (χ1n) is 9.54. The SMILES string of the molecule is CC(C)(C)OC(=O)N1C(C(=O)NCc2ccc(F)cc2)CSC1c1ccc(Cl)cc1. The van der Waals surface area contributed by atoms with E-state index in [0.29, 0.717) is 10.8 Å². The van der Waals surface area contributed by atoms with E-state index in [9.17, 15) is 14.0 Å². The van der Waals surface area contributed by atoms with Crippen LogP contribution in [0.4, 0.5) is 9.18 Å². The van der Waals surface area contributed by atoms with Crippen molar-refractivity contribution < 1.29 is 18.7 Å². The van der Waals surface area contributed by atoms with Crippen molar-refractivity contribution in [1.82, 2.24) is 10.2 Å². The molecule has 2 aromatic rings. The van der Waals surface area contributed by atoms with E-state index < -0.39 is 17.7 Å². The van der Waals surface area contributed by atoms with Crippen molar-refractivity contribution in [2.75, 3.05) is 5.75 Å². The lowest BCUT2D eigenvalue weighted by Crippen LogP contribution is -2.49. The lowest BCUT2D eigenvalue weighted by Gasteiger charge is -2.31. The average molecular weight is 451 g/mol. The van der Waals surface area contributed by atoms with Crippen molar-refractivity contribution in [3.63, 3.8) is 0 Å². The van der Waals surface area contributed by atoms with Gasteiger partial charge < -0.3 is 10.1 Å². The van der Waals surface area contributed by atoms with E-state index in [1.165, 1.54) is 28.8 Å². The molecule has 0 aliphatic carbocycles. The molecule has 3 rings (SSSR count). The molecule has 30 heavy (non-hydrogen) atoms. The molecule has 0 spiro atoms. The van der Waals surface area contributed by atoms with Crippen LogP contribution >= 0.6 is 23.4 Å². The first-order valence-corrected chi connectivity index (χ1v) is 11.0. The third-order valence-corrected chi connectivity index (χ3v) is 6.02. The van der Waals surface area contributed by atoms with Crippen LogP contribution in [-0.2, 0) is 16.1 Å². The Hall–Kier alpha value is -2.25. The normalized spacial score (nSPS) is 18.9. The van der Waals surface area contributed by atoms with Crippen LogP contribution < -0.4 is 5.32 Å². The van der Waals surface area contributed by atoms with Crippen LogP contribution in [0.1, 0.15) is 37.3 Å². The number of thioether (sulfide) groups is 1. The van der Waals surface area contributed by atoms with Crippen molar-refractivity contribution in [3.05, 3.63) is 70.5 Å². The second-order valence-corrected chi connectivity index (χ2v) is 9.53. The molecule has 160 valence electrons. The Labute approximate surface area is 184 Å². The minimum absolute atomic E-state index is 0.244. The van der Waals surface area contributed by atoms with Crippen molar-refractivity contribution >= 4 is 35.4 Å². The molecule has 2 unspecified atom stereocenters. The molecule has 1 aliphatic heterocycles. The fourth-order valence-corrected chi connectivity index (χ4v) is 4.59. The van der Waals surface area contributed by atoms with Gasteiger partial charge in [0.1, 0.15) is 22.8 Å². The van der Waals surface area contributed by atoms with E-state index in [4.69, 9.17) is 16.3 Å². The minimum atomic E-state index is -0.690. The number of nitrogens with zero attached hydrogens (tertiary/aromatic N) is 1. The van der Waals surface area contributed by atoms with Gasteiger partial charge in [0.2, 0.25) is 5.91 Å². The van der Waals surface area contributed by atoms with Gasteiger partial charge in [-0.3, -0.25) is 9.69 Å². The number of carbonyl (C=O) groups excluding carboxylic acids is 2. The van der Waals surface area contributed by atoms with Gasteiger partial charge in [-0.05, 0) is 56.2 Å². The van der Waals surface area contributed by atoms with E-state index >= 15 is 0 Å². The summed E-state index contributed by atoms with van der Waals surface area (Å²) in [6.45, 7) is 5.60. The van der Waals surface area contributed by atoms with E-state index in [2.05, 4.69) is 5.32 Å². The molecule has 0 radical (unpaired) electrons. The Kier molecular flexibility index (Phi) is 6.93. The van der Waals surface area contributed by atoms with Gasteiger partial charge in [-0.1, -0.05) is 35.9 Å². The summed E-state index contributed by atoms with van der Waals surface area (Å²) in [5.74, 6) is -0.185. The summed E-state index contributed by atoms with van der Waals surface area (Å²) < 4.78 is 18.7. The van der Waals surface area contributed by atoms with Crippen LogP contribution in [0, 0.1) is 5.82 Å². The highest BCUT2D eigenvalue weighted by Crippen LogP contribution is 2.42. The molecule has 1 saturated heterocycles. The van der Waals surface area contributed by atoms with Gasteiger partial charge in [0.25, 0.3) is 0 Å². The molecule has 1 heterocycles. The smallest absolute Gasteiger partial charge is 0.412 e. The predicted octanol–water partition coefficient (Wildman–Crippen LogP) is 5.15. The molecule has 5 nitrogen and oxygen atoms in total. The molecular formula is C22H24ClFN2O3S. The van der Waals surface area contributed by atoms with E-state index in [0.717, 1.165) is 11.1 Å². The Morgan fingerprint density at radius 2 is 1.80 bits per heavy atom. The van der Waals surface area contributed by atoms with Crippen LogP contribution in [0.15, 0.2) is 48.5 Å². The maximum absolute atomic E-state index is 13.1. The van der Waals surface area contributed by atoms with E-state index in [1.54, 1.807) is 45.0 Å². The number of ether oxygens (including phenoxy) is 1. The largest absolute Gasteiger partial charge is 0.444 e. The summed E-state index contributed by atoms with van der Waals surface area (Å²) in [5.41, 5.74) is 0.946. The third kappa shape index (κ3) is 5.67. The number of hydrogen-bond acceptors (Lipinski definition) is 4. The quantitative estimate of drug-likeness (QED) is 0.700. The number of benzene rings is 2. The highest BCUT2D eigenvalue weighted by atomic mass is 35.5. The Morgan fingerprint density at radius 3 is 2.40 bits per heavy atom. The number of rotatable bonds is 4. The summed E-state index contributed by atoms with van der Waals surface area (Å²) in [4.78, 5) is 27.4. The van der Waals surface area contributed by atoms with Gasteiger partial charge >= 0.3 is 6.09 Å². The van der Waals surface area contributed by atoms with Crippen LogP contribution in [0.5, 0.6) is 0 Å². The Balaban J connectivity index is 1.78. The van der Waals surface area contributed by atoms with Crippen LogP contribution in [0.25, 0.3) is 0 Å². The summed E-state index contributed by atoms with van der Waals surface area (Å²) in [6, 6.07) is 12.4. The zero-order valence-electron chi connectivity index (χ0n) is 17.0. The van der Waals surface area contributed by atoms with E-state index in [-0.39, 0.29) is 23.6 Å². The maximum atomic E-state index is 13.1. The van der Waals surface area contributed by atoms with Gasteiger partial charge in [-0.25, -0.2) is 9.18 Å². The van der Waals surface area contributed by atoms with Gasteiger partial charge in [0, 0.05) is 17.3 Å². The van der Waals surface area contributed by atoms with Crippen LogP contribution in [0.2, 0.25) is 5.02 Å². The second kappa shape index (κ2) is 9.27. The van der Waals surface area contributed by atoms with Gasteiger partial charge in [0.15, 0.2) is 0 Å². The molecule has 0 bridgehead atoms. The molecule has 2 amide bonds. The predicted molar refractivity (Wildman–Crippen MR) is 117 cm³/mol. The fourth-order valence-electron chi connectivity index (χ4n) is 3.04. The van der Waals surface area contributed by atoms with Crippen LogP contribution in [0.3, 0.4) is 0 Å². The van der Waals surface area contributed by atoms with Crippen molar-refractivity contribution in [3.8, 4) is 0 Å². The minimum Gasteiger partial charge on any atom is -0.444 e. The van der Waals surface area contributed by atoms with Gasteiger partial charge in [0.05, 0.1) is 0 Å². The summed E-state index contributed by atoms with van der Waals surface area (Å²) >= 11 is 7.49. The highest BCUT2D eigenvalue weighted by molar-refractivity contribution is 7.99. The fraction of sp³-hybridized carbons (Fsp3) is 0.364. The summed E-state index contributed by atoms with van der Waals surface area (Å²) in [5, 5.41) is 3.08. The highest BCUT2D eigenvalue weighted by Gasteiger charge is 2.44. The molecule has 8 heteroatoms. The lowest BCUT2D eigenvalue weighted by atomic mass is 10.1. The zero-order valence-corrected chi connectivity index (χ0v) is 18.6. The molecule has 1 fully saturated rings. The third-order valence-electron chi connectivity index (χ3n) is 4.44. The lowest BCUT2D eigenvalue weighted by molar-refractivity contribution is -0.125. The first kappa shape index (κ1) is 22.4. The molecule has 2 atom stereocenters. The number of carbonyl (C=O) groups is 2.